The maximum atomic E-state index is 12.8. The summed E-state index contributed by atoms with van der Waals surface area (Å²) in [5.74, 6) is 3.46. The largest absolute Gasteiger partial charge is 0.377 e. The molecule has 2 bridgehead atoms. The molecule has 1 aromatic carbocycles. The van der Waals surface area contributed by atoms with Gasteiger partial charge in [-0.15, -0.1) is 16.6 Å². The number of anilines is 1. The Morgan fingerprint density at radius 2 is 2.21 bits per heavy atom. The summed E-state index contributed by atoms with van der Waals surface area (Å²) in [6, 6.07) is 10.6. The van der Waals surface area contributed by atoms with E-state index >= 15 is 0 Å². The molecule has 140 valence electrons. The Morgan fingerprint density at radius 3 is 3.07 bits per heavy atom. The van der Waals surface area contributed by atoms with Gasteiger partial charge in [0.05, 0.1) is 12.6 Å². The van der Waals surface area contributed by atoms with Gasteiger partial charge >= 0.3 is 0 Å². The Balaban J connectivity index is 1.79. The van der Waals surface area contributed by atoms with Crippen LogP contribution in [0, 0.1) is 12.3 Å². The Kier molecular flexibility index (Phi) is 5.19. The first kappa shape index (κ1) is 18.3. The average Bonchev–Trinajstić information content (AvgIpc) is 3.18. The third-order valence-corrected chi connectivity index (χ3v) is 4.92. The fourth-order valence-electron chi connectivity index (χ4n) is 3.03. The zero-order valence-corrected chi connectivity index (χ0v) is 16.4. The number of carbonyl (C=O) groups is 1. The number of rotatable bonds is 0. The Morgan fingerprint density at radius 1 is 1.32 bits per heavy atom. The first-order valence-electron chi connectivity index (χ1n) is 8.66. The zero-order valence-electron chi connectivity index (χ0n) is 14.8. The molecule has 0 spiro atoms. The Hall–Kier alpha value is -3.02. The van der Waals surface area contributed by atoms with Gasteiger partial charge in [-0.1, -0.05) is 34.0 Å². The van der Waals surface area contributed by atoms with Crippen molar-refractivity contribution in [1.82, 2.24) is 19.7 Å². The number of amides is 1. The summed E-state index contributed by atoms with van der Waals surface area (Å²) in [6.45, 7) is 0.729. The molecule has 28 heavy (non-hydrogen) atoms. The molecule has 1 aliphatic heterocycles. The molecule has 1 amide bonds. The van der Waals surface area contributed by atoms with E-state index in [1.54, 1.807) is 35.2 Å². The molecule has 0 fully saturated rings. The van der Waals surface area contributed by atoms with Gasteiger partial charge in [-0.05, 0) is 29.8 Å². The molecule has 2 aromatic heterocycles. The molecule has 0 saturated heterocycles. The minimum Gasteiger partial charge on any atom is -0.377 e. The van der Waals surface area contributed by atoms with Crippen molar-refractivity contribution in [2.75, 3.05) is 11.9 Å². The van der Waals surface area contributed by atoms with Gasteiger partial charge in [-0.2, -0.15) is 0 Å². The highest BCUT2D eigenvalue weighted by Gasteiger charge is 2.19. The molecule has 7 nitrogen and oxygen atoms in total. The average molecular weight is 438 g/mol. The van der Waals surface area contributed by atoms with E-state index in [0.29, 0.717) is 42.5 Å². The quantitative estimate of drug-likeness (QED) is 0.544. The highest BCUT2D eigenvalue weighted by molar-refractivity contribution is 9.10. The van der Waals surface area contributed by atoms with Crippen LogP contribution in [0.5, 0.6) is 0 Å². The predicted molar refractivity (Wildman–Crippen MR) is 107 cm³/mol. The van der Waals surface area contributed by atoms with Gasteiger partial charge in [0.15, 0.2) is 5.82 Å². The van der Waals surface area contributed by atoms with Crippen LogP contribution in [0.2, 0.25) is 0 Å². The molecular weight excluding hydrogens is 422 g/mol. The van der Waals surface area contributed by atoms with Crippen molar-refractivity contribution in [2.24, 2.45) is 0 Å². The van der Waals surface area contributed by atoms with Crippen molar-refractivity contribution in [3.05, 3.63) is 58.3 Å². The van der Waals surface area contributed by atoms with Crippen LogP contribution in [0.25, 0.3) is 11.5 Å². The van der Waals surface area contributed by atoms with Crippen molar-refractivity contribution >= 4 is 27.7 Å². The summed E-state index contributed by atoms with van der Waals surface area (Å²) in [6.07, 6.45) is 7.91. The lowest BCUT2D eigenvalue weighted by molar-refractivity contribution is 0.0996. The van der Waals surface area contributed by atoms with Gasteiger partial charge in [0.2, 0.25) is 0 Å². The van der Waals surface area contributed by atoms with Gasteiger partial charge in [0, 0.05) is 23.1 Å². The number of pyridine rings is 1. The van der Waals surface area contributed by atoms with Crippen LogP contribution in [0.1, 0.15) is 28.4 Å². The zero-order chi connectivity index (χ0) is 19.5. The van der Waals surface area contributed by atoms with Crippen LogP contribution >= 0.6 is 15.9 Å². The molecule has 3 aromatic rings. The van der Waals surface area contributed by atoms with Crippen LogP contribution < -0.4 is 5.32 Å². The number of ether oxygens (including phenoxy) is 1. The van der Waals surface area contributed by atoms with E-state index in [1.807, 2.05) is 12.1 Å². The SMILES string of the molecule is C#C[C@@H]1CCOCc2ccc(Br)cc2C(=O)Nc2cccc(n2)-c2nncn21. The lowest BCUT2D eigenvalue weighted by Gasteiger charge is -2.17. The lowest BCUT2D eigenvalue weighted by atomic mass is 10.1. The van der Waals surface area contributed by atoms with Gasteiger partial charge in [0.25, 0.3) is 5.91 Å². The van der Waals surface area contributed by atoms with E-state index in [1.165, 1.54) is 0 Å². The molecular formula is C20H16BrN5O2. The number of fused-ring (bicyclic) bond motifs is 5. The predicted octanol–water partition coefficient (Wildman–Crippen LogP) is 3.45. The van der Waals surface area contributed by atoms with E-state index in [9.17, 15) is 4.79 Å². The third kappa shape index (κ3) is 3.67. The highest BCUT2D eigenvalue weighted by atomic mass is 79.9. The summed E-state index contributed by atoms with van der Waals surface area (Å²) < 4.78 is 8.42. The summed E-state index contributed by atoms with van der Waals surface area (Å²) >= 11 is 3.42. The molecule has 3 heterocycles. The molecule has 1 atom stereocenters. The number of hydrogen-bond donors (Lipinski definition) is 1. The van der Waals surface area contributed by atoms with Crippen molar-refractivity contribution in [3.63, 3.8) is 0 Å². The number of terminal acetylenes is 1. The molecule has 1 aliphatic rings. The van der Waals surface area contributed by atoms with Crippen molar-refractivity contribution in [2.45, 2.75) is 19.1 Å². The summed E-state index contributed by atoms with van der Waals surface area (Å²) in [4.78, 5) is 17.4. The molecule has 8 heteroatoms. The van der Waals surface area contributed by atoms with E-state index in [2.05, 4.69) is 42.3 Å². The minimum absolute atomic E-state index is 0.260. The fraction of sp³-hybridized carbons (Fsp3) is 0.200. The monoisotopic (exact) mass is 437 g/mol. The number of nitrogens with zero attached hydrogens (tertiary/aromatic N) is 4. The van der Waals surface area contributed by atoms with Crippen LogP contribution in [0.4, 0.5) is 5.82 Å². The first-order valence-corrected chi connectivity index (χ1v) is 9.45. The van der Waals surface area contributed by atoms with Crippen LogP contribution in [0.3, 0.4) is 0 Å². The van der Waals surface area contributed by atoms with E-state index < -0.39 is 0 Å². The summed E-state index contributed by atoms with van der Waals surface area (Å²) in [7, 11) is 0. The Bertz CT molecular complexity index is 1070. The smallest absolute Gasteiger partial charge is 0.257 e. The molecule has 0 unspecified atom stereocenters. The number of nitrogens with one attached hydrogen (secondary N) is 1. The summed E-state index contributed by atoms with van der Waals surface area (Å²) in [5, 5.41) is 11.0. The number of hydrogen-bond acceptors (Lipinski definition) is 5. The first-order chi connectivity index (χ1) is 13.7. The number of carbonyl (C=O) groups excluding carboxylic acids is 1. The lowest BCUT2D eigenvalue weighted by Crippen LogP contribution is -2.17. The molecule has 0 saturated carbocycles. The standard InChI is InChI=1S/C20H16BrN5O2/c1-2-15-8-9-28-11-13-6-7-14(21)10-16(13)20(27)24-18-5-3-4-17(23-18)19-25-22-12-26(15)19/h1,3-7,10,12,15H,8-9,11H2,(H,23,24,27)/t15-/m1/s1. The number of halogens is 1. The number of benzene rings is 1. The second kappa shape index (κ2) is 7.92. The highest BCUT2D eigenvalue weighted by Crippen LogP contribution is 2.24. The van der Waals surface area contributed by atoms with Gasteiger partial charge in [-0.25, -0.2) is 4.98 Å². The van der Waals surface area contributed by atoms with Crippen molar-refractivity contribution in [3.8, 4) is 23.9 Å². The number of aromatic nitrogens is 4. The molecule has 0 aliphatic carbocycles. The third-order valence-electron chi connectivity index (χ3n) is 4.43. The summed E-state index contributed by atoms with van der Waals surface area (Å²) in [5.41, 5.74) is 1.88. The van der Waals surface area contributed by atoms with E-state index in [-0.39, 0.29) is 11.9 Å². The molecule has 4 rings (SSSR count). The molecule has 1 N–H and O–H groups in total. The van der Waals surface area contributed by atoms with E-state index in [0.717, 1.165) is 10.0 Å². The van der Waals surface area contributed by atoms with Crippen LogP contribution in [-0.4, -0.2) is 32.3 Å². The van der Waals surface area contributed by atoms with Gasteiger partial charge in [-0.3, -0.25) is 9.36 Å². The second-order valence-corrected chi connectivity index (χ2v) is 7.16. The van der Waals surface area contributed by atoms with Crippen LogP contribution in [0.15, 0.2) is 47.2 Å². The van der Waals surface area contributed by atoms with Gasteiger partial charge in [0.1, 0.15) is 17.8 Å². The van der Waals surface area contributed by atoms with Crippen LogP contribution in [-0.2, 0) is 11.3 Å². The normalized spacial score (nSPS) is 16.9. The maximum Gasteiger partial charge on any atom is 0.257 e. The topological polar surface area (TPSA) is 81.9 Å². The van der Waals surface area contributed by atoms with Gasteiger partial charge < -0.3 is 10.1 Å². The second-order valence-electron chi connectivity index (χ2n) is 6.25. The van der Waals surface area contributed by atoms with Crippen molar-refractivity contribution in [1.29, 1.82) is 0 Å². The van der Waals surface area contributed by atoms with Crippen molar-refractivity contribution < 1.29 is 9.53 Å². The fourth-order valence-corrected chi connectivity index (χ4v) is 3.39. The maximum absolute atomic E-state index is 12.8. The Labute approximate surface area is 170 Å². The minimum atomic E-state index is -0.266. The molecule has 0 radical (unpaired) electrons. The van der Waals surface area contributed by atoms with E-state index in [4.69, 9.17) is 11.2 Å².